The molecule has 2 aromatic carbocycles. The Kier molecular flexibility index (Phi) is 7.79. The van der Waals surface area contributed by atoms with E-state index in [0.717, 1.165) is 23.2 Å². The molecule has 1 atom stereocenters. The molecule has 0 bridgehead atoms. The van der Waals surface area contributed by atoms with Crippen molar-refractivity contribution in [3.8, 4) is 6.07 Å². The summed E-state index contributed by atoms with van der Waals surface area (Å²) in [6.45, 7) is 5.34. The minimum atomic E-state index is -0.512. The number of nitrogens with one attached hydrogen (secondary N) is 2. The minimum Gasteiger partial charge on any atom is -0.353 e. The van der Waals surface area contributed by atoms with Gasteiger partial charge in [-0.05, 0) is 49.6 Å². The number of carbonyl (C=O) groups is 2. The van der Waals surface area contributed by atoms with Gasteiger partial charge < -0.3 is 10.6 Å². The van der Waals surface area contributed by atoms with Crippen molar-refractivity contribution in [2.24, 2.45) is 0 Å². The maximum Gasteiger partial charge on any atom is 0.234 e. The van der Waals surface area contributed by atoms with Crippen LogP contribution in [0.3, 0.4) is 0 Å². The number of para-hydroxylation sites is 1. The van der Waals surface area contributed by atoms with Gasteiger partial charge in [0.15, 0.2) is 5.78 Å². The number of amides is 1. The number of ketones is 1. The summed E-state index contributed by atoms with van der Waals surface area (Å²) in [5.74, 6) is -0.658. The van der Waals surface area contributed by atoms with Gasteiger partial charge in [-0.1, -0.05) is 60.6 Å². The zero-order valence-corrected chi connectivity index (χ0v) is 19.7. The molecule has 1 amide bonds. The molecule has 1 aliphatic heterocycles. The van der Waals surface area contributed by atoms with Crippen LogP contribution < -0.4 is 10.6 Å². The monoisotopic (exact) mass is 465 g/mol. The molecule has 5 nitrogen and oxygen atoms in total. The highest BCUT2D eigenvalue weighted by molar-refractivity contribution is 8.03. The summed E-state index contributed by atoms with van der Waals surface area (Å²) in [5.41, 5.74) is 4.28. The van der Waals surface area contributed by atoms with Crippen LogP contribution in [0.4, 0.5) is 5.69 Å². The van der Waals surface area contributed by atoms with E-state index in [4.69, 9.17) is 11.6 Å². The summed E-state index contributed by atoms with van der Waals surface area (Å²) >= 11 is 7.29. The van der Waals surface area contributed by atoms with E-state index in [-0.39, 0.29) is 17.4 Å². The Morgan fingerprint density at radius 2 is 1.88 bits per heavy atom. The number of benzene rings is 2. The van der Waals surface area contributed by atoms with E-state index in [9.17, 15) is 14.9 Å². The summed E-state index contributed by atoms with van der Waals surface area (Å²) in [6, 6.07) is 17.1. The largest absolute Gasteiger partial charge is 0.353 e. The van der Waals surface area contributed by atoms with E-state index in [1.54, 1.807) is 12.1 Å². The number of rotatable bonds is 7. The fraction of sp³-hybridized carbons (Fsp3) is 0.240. The van der Waals surface area contributed by atoms with Gasteiger partial charge in [0.05, 0.1) is 28.3 Å². The molecule has 2 N–H and O–H groups in total. The lowest BCUT2D eigenvalue weighted by molar-refractivity contribution is -0.114. The number of hydrogen-bond donors (Lipinski definition) is 2. The predicted octanol–water partition coefficient (Wildman–Crippen LogP) is 5.56. The molecule has 0 saturated carbocycles. The van der Waals surface area contributed by atoms with Gasteiger partial charge in [0, 0.05) is 22.0 Å². The Labute approximate surface area is 197 Å². The third kappa shape index (κ3) is 5.24. The van der Waals surface area contributed by atoms with Crippen LogP contribution in [0.25, 0.3) is 0 Å². The van der Waals surface area contributed by atoms with E-state index in [0.29, 0.717) is 26.9 Å². The van der Waals surface area contributed by atoms with Crippen LogP contribution in [0.1, 0.15) is 37.8 Å². The van der Waals surface area contributed by atoms with Crippen molar-refractivity contribution in [3.63, 3.8) is 0 Å². The lowest BCUT2D eigenvalue weighted by atomic mass is 9.81. The second-order valence-corrected chi connectivity index (χ2v) is 8.83. The summed E-state index contributed by atoms with van der Waals surface area (Å²) < 4.78 is 0. The minimum absolute atomic E-state index is 0.110. The Morgan fingerprint density at radius 1 is 1.19 bits per heavy atom. The van der Waals surface area contributed by atoms with E-state index >= 15 is 0 Å². The highest BCUT2D eigenvalue weighted by Gasteiger charge is 2.33. The number of dihydropyridines is 1. The van der Waals surface area contributed by atoms with Crippen LogP contribution in [0, 0.1) is 11.3 Å². The van der Waals surface area contributed by atoms with Crippen LogP contribution in [0.15, 0.2) is 70.4 Å². The van der Waals surface area contributed by atoms with E-state index in [1.807, 2.05) is 50.2 Å². The summed E-state index contributed by atoms with van der Waals surface area (Å²) in [6.07, 6.45) is 0.815. The normalized spacial score (nSPS) is 15.8. The van der Waals surface area contributed by atoms with Crippen molar-refractivity contribution in [2.75, 3.05) is 11.1 Å². The van der Waals surface area contributed by atoms with Crippen LogP contribution in [0.5, 0.6) is 0 Å². The summed E-state index contributed by atoms with van der Waals surface area (Å²) in [5, 5.41) is 17.3. The molecule has 0 unspecified atom stereocenters. The number of nitriles is 1. The molecule has 0 fully saturated rings. The smallest absolute Gasteiger partial charge is 0.234 e. The van der Waals surface area contributed by atoms with Crippen molar-refractivity contribution in [2.45, 2.75) is 33.1 Å². The number of nitrogens with zero attached hydrogens (tertiary/aromatic N) is 1. The second kappa shape index (κ2) is 10.5. The lowest BCUT2D eigenvalue weighted by Crippen LogP contribution is -2.27. The van der Waals surface area contributed by atoms with Crippen LogP contribution >= 0.6 is 23.4 Å². The average Bonchev–Trinajstić information content (AvgIpc) is 2.77. The predicted molar refractivity (Wildman–Crippen MR) is 130 cm³/mol. The molecule has 0 spiro atoms. The van der Waals surface area contributed by atoms with Gasteiger partial charge in [0.25, 0.3) is 0 Å². The molecule has 0 radical (unpaired) electrons. The van der Waals surface area contributed by atoms with Crippen molar-refractivity contribution in [1.82, 2.24) is 5.32 Å². The number of Topliss-reactive ketones (excluding diaryl/α,β-unsaturated/α-hetero) is 1. The number of thioether (sulfide) groups is 1. The standard InChI is InChI=1S/C25H24ClN3O2S/c1-4-17-7-5-6-8-21(17)29-22(31)14-32-25-20(13-27)24(18-9-11-19(26)12-10-18)23(16(3)30)15(2)28-25/h5-12,24,28H,4,14H2,1-3H3,(H,29,31)/t24-/m0/s1. The highest BCUT2D eigenvalue weighted by Crippen LogP contribution is 2.41. The number of carbonyl (C=O) groups excluding carboxylic acids is 2. The van der Waals surface area contributed by atoms with Crippen LogP contribution in [-0.4, -0.2) is 17.4 Å². The fourth-order valence-electron chi connectivity index (χ4n) is 3.76. The quantitative estimate of drug-likeness (QED) is 0.559. The van der Waals surface area contributed by atoms with Gasteiger partial charge in [0.2, 0.25) is 5.91 Å². The van der Waals surface area contributed by atoms with Gasteiger partial charge in [-0.2, -0.15) is 5.26 Å². The number of hydrogen-bond acceptors (Lipinski definition) is 5. The molecule has 32 heavy (non-hydrogen) atoms. The zero-order valence-electron chi connectivity index (χ0n) is 18.2. The molecular formula is C25H24ClN3O2S. The van der Waals surface area contributed by atoms with E-state index in [2.05, 4.69) is 16.7 Å². The first-order chi connectivity index (χ1) is 15.3. The first kappa shape index (κ1) is 23.6. The Morgan fingerprint density at radius 3 is 2.50 bits per heavy atom. The van der Waals surface area contributed by atoms with Gasteiger partial charge >= 0.3 is 0 Å². The SMILES string of the molecule is CCc1ccccc1NC(=O)CSC1=C(C#N)[C@H](c2ccc(Cl)cc2)C(C(C)=O)=C(C)N1. The molecule has 164 valence electrons. The summed E-state index contributed by atoms with van der Waals surface area (Å²) in [4.78, 5) is 25.0. The van der Waals surface area contributed by atoms with Gasteiger partial charge in [-0.3, -0.25) is 9.59 Å². The number of halogens is 1. The fourth-order valence-corrected chi connectivity index (χ4v) is 4.77. The molecule has 2 aromatic rings. The number of allylic oxidation sites excluding steroid dienone is 3. The van der Waals surface area contributed by atoms with Gasteiger partial charge in [0.1, 0.15) is 0 Å². The molecule has 0 aromatic heterocycles. The summed E-state index contributed by atoms with van der Waals surface area (Å²) in [7, 11) is 0. The first-order valence-electron chi connectivity index (χ1n) is 10.2. The second-order valence-electron chi connectivity index (χ2n) is 7.41. The number of anilines is 1. The lowest BCUT2D eigenvalue weighted by Gasteiger charge is -2.29. The molecular weight excluding hydrogens is 442 g/mol. The van der Waals surface area contributed by atoms with Crippen molar-refractivity contribution >= 4 is 40.7 Å². The van der Waals surface area contributed by atoms with Gasteiger partial charge in [-0.25, -0.2) is 0 Å². The van der Waals surface area contributed by atoms with E-state index < -0.39 is 5.92 Å². The molecule has 1 heterocycles. The maximum atomic E-state index is 12.6. The molecule has 0 aliphatic carbocycles. The molecule has 1 aliphatic rings. The van der Waals surface area contributed by atoms with Crippen molar-refractivity contribution in [3.05, 3.63) is 86.6 Å². The molecule has 0 saturated heterocycles. The third-order valence-corrected chi connectivity index (χ3v) is 6.52. The van der Waals surface area contributed by atoms with Crippen molar-refractivity contribution < 1.29 is 9.59 Å². The third-order valence-electron chi connectivity index (χ3n) is 5.25. The Hall–Kier alpha value is -3.01. The zero-order chi connectivity index (χ0) is 23.3. The Bertz CT molecular complexity index is 1150. The number of aryl methyl sites for hydroxylation is 1. The Balaban J connectivity index is 1.87. The average molecular weight is 466 g/mol. The van der Waals surface area contributed by atoms with Crippen LogP contribution in [-0.2, 0) is 16.0 Å². The topological polar surface area (TPSA) is 82.0 Å². The molecule has 7 heteroatoms. The van der Waals surface area contributed by atoms with Crippen molar-refractivity contribution in [1.29, 1.82) is 5.26 Å². The van der Waals surface area contributed by atoms with Crippen LogP contribution in [0.2, 0.25) is 5.02 Å². The maximum absolute atomic E-state index is 12.6. The highest BCUT2D eigenvalue weighted by atomic mass is 35.5. The van der Waals surface area contributed by atoms with E-state index in [1.165, 1.54) is 18.7 Å². The molecule has 3 rings (SSSR count). The first-order valence-corrected chi connectivity index (χ1v) is 11.6. The van der Waals surface area contributed by atoms with Gasteiger partial charge in [-0.15, -0.1) is 0 Å².